The minimum atomic E-state index is -0.332. The lowest BCUT2D eigenvalue weighted by atomic mass is 10.1. The van der Waals surface area contributed by atoms with Crippen molar-refractivity contribution in [2.45, 2.75) is 13.8 Å². The Morgan fingerprint density at radius 1 is 1.33 bits per heavy atom. The second kappa shape index (κ2) is 6.62. The fraction of sp³-hybridized carbons (Fsp3) is 0.222. The van der Waals surface area contributed by atoms with Gasteiger partial charge in [-0.3, -0.25) is 9.20 Å². The Morgan fingerprint density at radius 3 is 2.92 bits per heavy atom. The molecule has 0 atom stereocenters. The number of nitrogens with zero attached hydrogens (tertiary/aromatic N) is 2. The second-order valence-electron chi connectivity index (χ2n) is 5.45. The number of pyridine rings is 1. The monoisotopic (exact) mass is 325 g/mol. The van der Waals surface area contributed by atoms with Crippen LogP contribution in [-0.2, 0) is 9.53 Å². The molecule has 24 heavy (non-hydrogen) atoms. The van der Waals surface area contributed by atoms with Crippen LogP contribution in [0.2, 0.25) is 0 Å². The summed E-state index contributed by atoms with van der Waals surface area (Å²) in [5.74, 6) is 0.520. The Kier molecular flexibility index (Phi) is 4.37. The van der Waals surface area contributed by atoms with Crippen molar-refractivity contribution in [1.29, 1.82) is 0 Å². The highest BCUT2D eigenvalue weighted by Gasteiger charge is 2.15. The molecule has 6 heteroatoms. The molecule has 0 bridgehead atoms. The molecule has 0 saturated heterocycles. The third-order valence-electron chi connectivity index (χ3n) is 3.59. The van der Waals surface area contributed by atoms with E-state index < -0.39 is 0 Å². The molecular weight excluding hydrogens is 306 g/mol. The summed E-state index contributed by atoms with van der Waals surface area (Å²) in [7, 11) is 0. The molecule has 0 fully saturated rings. The van der Waals surface area contributed by atoms with Crippen LogP contribution in [0.3, 0.4) is 0 Å². The van der Waals surface area contributed by atoms with Crippen LogP contribution < -0.4 is 5.32 Å². The van der Waals surface area contributed by atoms with E-state index in [1.807, 2.05) is 35.7 Å². The van der Waals surface area contributed by atoms with Crippen LogP contribution in [0, 0.1) is 6.92 Å². The first-order valence-electron chi connectivity index (χ1n) is 7.76. The van der Waals surface area contributed by atoms with Gasteiger partial charge < -0.3 is 15.2 Å². The third-order valence-corrected chi connectivity index (χ3v) is 3.59. The van der Waals surface area contributed by atoms with Crippen LogP contribution in [0.1, 0.15) is 12.5 Å². The lowest BCUT2D eigenvalue weighted by Gasteiger charge is -2.09. The minimum absolute atomic E-state index is 0.0430. The lowest BCUT2D eigenvalue weighted by molar-refractivity contribution is -0.140. The van der Waals surface area contributed by atoms with Gasteiger partial charge in [0, 0.05) is 11.8 Å². The smallest absolute Gasteiger partial charge is 0.325 e. The molecule has 0 spiro atoms. The number of esters is 1. The normalized spacial score (nSPS) is 10.8. The minimum Gasteiger partial charge on any atom is -0.508 e. The van der Waals surface area contributed by atoms with E-state index in [9.17, 15) is 9.90 Å². The van der Waals surface area contributed by atoms with Crippen LogP contribution in [0.15, 0.2) is 42.6 Å². The number of aromatic nitrogens is 2. The van der Waals surface area contributed by atoms with Gasteiger partial charge in [0.15, 0.2) is 0 Å². The van der Waals surface area contributed by atoms with Gasteiger partial charge in [0.25, 0.3) is 0 Å². The number of nitrogens with one attached hydrogen (secondary N) is 1. The van der Waals surface area contributed by atoms with E-state index in [2.05, 4.69) is 10.3 Å². The number of phenols is 1. The van der Waals surface area contributed by atoms with Crippen LogP contribution >= 0.6 is 0 Å². The molecule has 3 aromatic rings. The Bertz CT molecular complexity index is 886. The lowest BCUT2D eigenvalue weighted by Crippen LogP contribution is -2.17. The van der Waals surface area contributed by atoms with Gasteiger partial charge in [-0.05, 0) is 37.6 Å². The fourth-order valence-corrected chi connectivity index (χ4v) is 2.54. The third kappa shape index (κ3) is 3.17. The number of aryl methyl sites for hydroxylation is 1. The van der Waals surface area contributed by atoms with Crippen molar-refractivity contribution in [1.82, 2.24) is 9.38 Å². The Hall–Kier alpha value is -3.02. The average Bonchev–Trinajstić information content (AvgIpc) is 2.91. The molecule has 0 unspecified atom stereocenters. The maximum Gasteiger partial charge on any atom is 0.325 e. The number of fused-ring (bicyclic) bond motifs is 1. The Morgan fingerprint density at radius 2 is 2.17 bits per heavy atom. The van der Waals surface area contributed by atoms with Gasteiger partial charge in [0.05, 0.1) is 6.61 Å². The molecule has 2 aromatic heterocycles. The molecule has 1 aromatic carbocycles. The van der Waals surface area contributed by atoms with Gasteiger partial charge in [-0.15, -0.1) is 0 Å². The summed E-state index contributed by atoms with van der Waals surface area (Å²) in [6, 6.07) is 10.8. The number of hydrogen-bond donors (Lipinski definition) is 2. The number of ether oxygens (including phenoxy) is 1. The average molecular weight is 325 g/mol. The summed E-state index contributed by atoms with van der Waals surface area (Å²) in [6.07, 6.45) is 1.95. The fourth-order valence-electron chi connectivity index (χ4n) is 2.54. The molecule has 0 aliphatic rings. The SMILES string of the molecule is CCOC(=O)CNc1c(-c2cccc(O)c2)nc2ccc(C)cn12. The summed E-state index contributed by atoms with van der Waals surface area (Å²) in [5, 5.41) is 12.9. The molecule has 2 heterocycles. The summed E-state index contributed by atoms with van der Waals surface area (Å²) in [5.41, 5.74) is 3.26. The first-order valence-corrected chi connectivity index (χ1v) is 7.76. The predicted molar refractivity (Wildman–Crippen MR) is 92.2 cm³/mol. The van der Waals surface area contributed by atoms with E-state index in [-0.39, 0.29) is 18.3 Å². The molecule has 0 aliphatic carbocycles. The zero-order valence-corrected chi connectivity index (χ0v) is 13.6. The van der Waals surface area contributed by atoms with Gasteiger partial charge >= 0.3 is 5.97 Å². The van der Waals surface area contributed by atoms with E-state index >= 15 is 0 Å². The van der Waals surface area contributed by atoms with Crippen molar-refractivity contribution >= 4 is 17.4 Å². The van der Waals surface area contributed by atoms with Crippen LogP contribution in [-0.4, -0.2) is 33.6 Å². The standard InChI is InChI=1S/C18H19N3O3/c1-3-24-16(23)10-19-18-17(13-5-4-6-14(22)9-13)20-15-8-7-12(2)11-21(15)18/h4-9,11,19,22H,3,10H2,1-2H3. The summed E-state index contributed by atoms with van der Waals surface area (Å²) in [4.78, 5) is 16.3. The Balaban J connectivity index is 2.07. The number of carbonyl (C=O) groups excluding carboxylic acids is 1. The zero-order chi connectivity index (χ0) is 17.1. The predicted octanol–water partition coefficient (Wildman–Crippen LogP) is 2.99. The number of phenolic OH excluding ortho intramolecular Hbond substituents is 1. The molecule has 2 N–H and O–H groups in total. The topological polar surface area (TPSA) is 75.9 Å². The van der Waals surface area contributed by atoms with Gasteiger partial charge in [-0.2, -0.15) is 0 Å². The Labute approximate surface area is 139 Å². The van der Waals surface area contributed by atoms with Crippen molar-refractivity contribution in [3.05, 3.63) is 48.2 Å². The second-order valence-corrected chi connectivity index (χ2v) is 5.45. The summed E-state index contributed by atoms with van der Waals surface area (Å²) >= 11 is 0. The van der Waals surface area contributed by atoms with Crippen molar-refractivity contribution in [3.63, 3.8) is 0 Å². The first-order chi connectivity index (χ1) is 11.6. The first kappa shape index (κ1) is 15.9. The van der Waals surface area contributed by atoms with Crippen molar-refractivity contribution in [2.75, 3.05) is 18.5 Å². The molecule has 0 radical (unpaired) electrons. The zero-order valence-electron chi connectivity index (χ0n) is 13.6. The van der Waals surface area contributed by atoms with E-state index in [1.54, 1.807) is 25.1 Å². The highest BCUT2D eigenvalue weighted by atomic mass is 16.5. The molecule has 6 nitrogen and oxygen atoms in total. The summed E-state index contributed by atoms with van der Waals surface area (Å²) < 4.78 is 6.87. The number of imidazole rings is 1. The number of carbonyl (C=O) groups is 1. The highest BCUT2D eigenvalue weighted by molar-refractivity contribution is 5.81. The highest BCUT2D eigenvalue weighted by Crippen LogP contribution is 2.30. The maximum atomic E-state index is 11.7. The van der Waals surface area contributed by atoms with Crippen molar-refractivity contribution in [2.24, 2.45) is 0 Å². The van der Waals surface area contributed by atoms with Gasteiger partial charge in [-0.1, -0.05) is 18.2 Å². The largest absolute Gasteiger partial charge is 0.508 e. The number of benzene rings is 1. The molecule has 0 aliphatic heterocycles. The molecular formula is C18H19N3O3. The molecule has 124 valence electrons. The number of rotatable bonds is 5. The van der Waals surface area contributed by atoms with E-state index in [0.717, 1.165) is 16.8 Å². The van der Waals surface area contributed by atoms with Gasteiger partial charge in [0.1, 0.15) is 29.5 Å². The number of hydrogen-bond acceptors (Lipinski definition) is 5. The molecule has 0 amide bonds. The van der Waals surface area contributed by atoms with E-state index in [1.165, 1.54) is 0 Å². The van der Waals surface area contributed by atoms with Crippen molar-refractivity contribution in [3.8, 4) is 17.0 Å². The van der Waals surface area contributed by atoms with E-state index in [0.29, 0.717) is 18.1 Å². The van der Waals surface area contributed by atoms with E-state index in [4.69, 9.17) is 4.74 Å². The van der Waals surface area contributed by atoms with Crippen molar-refractivity contribution < 1.29 is 14.6 Å². The molecule has 3 rings (SSSR count). The number of anilines is 1. The maximum absolute atomic E-state index is 11.7. The van der Waals surface area contributed by atoms with Crippen LogP contribution in [0.4, 0.5) is 5.82 Å². The van der Waals surface area contributed by atoms with Gasteiger partial charge in [0.2, 0.25) is 0 Å². The molecule has 0 saturated carbocycles. The summed E-state index contributed by atoms with van der Waals surface area (Å²) in [6.45, 7) is 4.14. The van der Waals surface area contributed by atoms with Crippen LogP contribution in [0.5, 0.6) is 5.75 Å². The quantitative estimate of drug-likeness (QED) is 0.705. The van der Waals surface area contributed by atoms with Gasteiger partial charge in [-0.25, -0.2) is 4.98 Å². The number of aromatic hydroxyl groups is 1. The van der Waals surface area contributed by atoms with Crippen LogP contribution in [0.25, 0.3) is 16.9 Å².